The Kier molecular flexibility index (Phi) is 7.26. The number of sulfonamides is 1. The molecule has 1 fully saturated rings. The van der Waals surface area contributed by atoms with Crippen molar-refractivity contribution in [3.05, 3.63) is 101 Å². The maximum absolute atomic E-state index is 13.7. The van der Waals surface area contributed by atoms with Gasteiger partial charge < -0.3 is 4.90 Å². The monoisotopic (exact) mass is 462 g/mol. The smallest absolute Gasteiger partial charge is 0.254 e. The Morgan fingerprint density at radius 3 is 1.91 bits per heavy atom. The number of hydrogen-bond acceptors (Lipinski definition) is 3. The molecule has 3 aromatic rings. The van der Waals surface area contributed by atoms with Crippen LogP contribution < -0.4 is 0 Å². The number of amides is 1. The van der Waals surface area contributed by atoms with Crippen molar-refractivity contribution in [2.24, 2.45) is 0 Å². The highest BCUT2D eigenvalue weighted by molar-refractivity contribution is 7.89. The van der Waals surface area contributed by atoms with Crippen LogP contribution in [0.15, 0.2) is 83.8 Å². The van der Waals surface area contributed by atoms with Gasteiger partial charge in [0.05, 0.1) is 4.90 Å². The standard InChI is InChI=1S/C27H30N2O3S/c1-22-15-16-25(33(31,32)29-17-9-4-10-18-29)19-26(22)27(30)28(20-23-11-5-2-6-12-23)21-24-13-7-3-8-14-24/h2-3,5-8,11-16,19H,4,9-10,17-18,20-21H2,1H3. The highest BCUT2D eigenvalue weighted by Crippen LogP contribution is 2.24. The number of carbonyl (C=O) groups is 1. The van der Waals surface area contributed by atoms with E-state index < -0.39 is 10.0 Å². The molecule has 0 atom stereocenters. The van der Waals surface area contributed by atoms with Crippen LogP contribution in [0.2, 0.25) is 0 Å². The molecule has 1 amide bonds. The minimum Gasteiger partial charge on any atom is -0.330 e. The van der Waals surface area contributed by atoms with Crippen LogP contribution in [0, 0.1) is 6.92 Å². The largest absolute Gasteiger partial charge is 0.330 e. The van der Waals surface area contributed by atoms with E-state index in [0.717, 1.165) is 36.0 Å². The zero-order chi connectivity index (χ0) is 23.3. The molecule has 0 aromatic heterocycles. The normalized spacial score (nSPS) is 14.7. The summed E-state index contributed by atoms with van der Waals surface area (Å²) in [6, 6.07) is 24.6. The maximum Gasteiger partial charge on any atom is 0.254 e. The number of piperidine rings is 1. The number of rotatable bonds is 7. The van der Waals surface area contributed by atoms with Gasteiger partial charge in [0, 0.05) is 31.7 Å². The summed E-state index contributed by atoms with van der Waals surface area (Å²) in [5, 5.41) is 0. The van der Waals surface area contributed by atoms with E-state index in [2.05, 4.69) is 0 Å². The van der Waals surface area contributed by atoms with Crippen LogP contribution in [-0.2, 0) is 23.1 Å². The van der Waals surface area contributed by atoms with E-state index in [9.17, 15) is 13.2 Å². The van der Waals surface area contributed by atoms with E-state index in [1.165, 1.54) is 0 Å². The van der Waals surface area contributed by atoms with E-state index in [4.69, 9.17) is 0 Å². The van der Waals surface area contributed by atoms with Crippen molar-refractivity contribution in [3.8, 4) is 0 Å². The van der Waals surface area contributed by atoms with Crippen LogP contribution in [0.1, 0.15) is 46.3 Å². The number of carbonyl (C=O) groups excluding carboxylic acids is 1. The van der Waals surface area contributed by atoms with Gasteiger partial charge in [0.2, 0.25) is 10.0 Å². The van der Waals surface area contributed by atoms with Crippen molar-refractivity contribution in [1.29, 1.82) is 0 Å². The fraction of sp³-hybridized carbons (Fsp3) is 0.296. The second-order valence-corrected chi connectivity index (χ2v) is 10.5. The highest BCUT2D eigenvalue weighted by atomic mass is 32.2. The Balaban J connectivity index is 1.67. The van der Waals surface area contributed by atoms with Gasteiger partial charge in [-0.05, 0) is 48.6 Å². The molecule has 1 heterocycles. The third-order valence-electron chi connectivity index (χ3n) is 6.11. The predicted molar refractivity (Wildman–Crippen MR) is 130 cm³/mol. The number of nitrogens with zero attached hydrogens (tertiary/aromatic N) is 2. The lowest BCUT2D eigenvalue weighted by Crippen LogP contribution is -2.36. The summed E-state index contributed by atoms with van der Waals surface area (Å²) in [5.41, 5.74) is 3.25. The SMILES string of the molecule is Cc1ccc(S(=O)(=O)N2CCCCC2)cc1C(=O)N(Cc1ccccc1)Cc1ccccc1. The molecule has 0 spiro atoms. The van der Waals surface area contributed by atoms with Gasteiger partial charge in [0.15, 0.2) is 0 Å². The molecule has 0 aliphatic carbocycles. The Morgan fingerprint density at radius 2 is 1.36 bits per heavy atom. The van der Waals surface area contributed by atoms with Crippen molar-refractivity contribution in [2.45, 2.75) is 44.2 Å². The zero-order valence-corrected chi connectivity index (χ0v) is 19.8. The molecule has 1 saturated heterocycles. The zero-order valence-electron chi connectivity index (χ0n) is 19.0. The Labute approximate surface area is 196 Å². The maximum atomic E-state index is 13.7. The van der Waals surface area contributed by atoms with Crippen molar-refractivity contribution in [1.82, 2.24) is 9.21 Å². The molecule has 0 bridgehead atoms. The molecule has 0 saturated carbocycles. The number of aryl methyl sites for hydroxylation is 1. The molecule has 0 unspecified atom stereocenters. The fourth-order valence-electron chi connectivity index (χ4n) is 4.22. The lowest BCUT2D eigenvalue weighted by Gasteiger charge is -2.27. The molecule has 5 nitrogen and oxygen atoms in total. The summed E-state index contributed by atoms with van der Waals surface area (Å²) in [6.45, 7) is 3.81. The van der Waals surface area contributed by atoms with Crippen LogP contribution >= 0.6 is 0 Å². The van der Waals surface area contributed by atoms with Crippen LogP contribution in [0.4, 0.5) is 0 Å². The van der Waals surface area contributed by atoms with E-state index >= 15 is 0 Å². The van der Waals surface area contributed by atoms with Gasteiger partial charge in [0.25, 0.3) is 5.91 Å². The molecule has 172 valence electrons. The molecular formula is C27H30N2O3S. The van der Waals surface area contributed by atoms with Crippen molar-refractivity contribution in [2.75, 3.05) is 13.1 Å². The third kappa shape index (κ3) is 5.52. The van der Waals surface area contributed by atoms with Crippen LogP contribution in [0.5, 0.6) is 0 Å². The van der Waals surface area contributed by atoms with Crippen LogP contribution in [0.25, 0.3) is 0 Å². The van der Waals surface area contributed by atoms with Crippen LogP contribution in [0.3, 0.4) is 0 Å². The first kappa shape index (κ1) is 23.2. The molecule has 0 radical (unpaired) electrons. The first-order chi connectivity index (χ1) is 15.9. The molecule has 1 aliphatic heterocycles. The van der Waals surface area contributed by atoms with Gasteiger partial charge in [-0.1, -0.05) is 73.2 Å². The molecular weight excluding hydrogens is 432 g/mol. The van der Waals surface area contributed by atoms with E-state index in [-0.39, 0.29) is 10.8 Å². The van der Waals surface area contributed by atoms with Gasteiger partial charge in [-0.3, -0.25) is 4.79 Å². The summed E-state index contributed by atoms with van der Waals surface area (Å²) in [6.07, 6.45) is 2.80. The first-order valence-corrected chi connectivity index (χ1v) is 12.9. The van der Waals surface area contributed by atoms with Crippen molar-refractivity contribution < 1.29 is 13.2 Å². The Bertz CT molecular complexity index is 1150. The van der Waals surface area contributed by atoms with Gasteiger partial charge in [-0.25, -0.2) is 8.42 Å². The predicted octanol–water partition coefficient (Wildman–Crippen LogP) is 5.01. The Morgan fingerprint density at radius 1 is 0.818 bits per heavy atom. The summed E-state index contributed by atoms with van der Waals surface area (Å²) in [5.74, 6) is -0.170. The summed E-state index contributed by atoms with van der Waals surface area (Å²) >= 11 is 0. The van der Waals surface area contributed by atoms with Crippen LogP contribution in [-0.4, -0.2) is 36.6 Å². The molecule has 3 aromatic carbocycles. The molecule has 4 rings (SSSR count). The van der Waals surface area contributed by atoms with Crippen molar-refractivity contribution in [3.63, 3.8) is 0 Å². The van der Waals surface area contributed by atoms with Gasteiger partial charge in [0.1, 0.15) is 0 Å². The van der Waals surface area contributed by atoms with E-state index in [1.807, 2.05) is 67.6 Å². The van der Waals surface area contributed by atoms with E-state index in [1.54, 1.807) is 27.4 Å². The highest BCUT2D eigenvalue weighted by Gasteiger charge is 2.28. The molecule has 33 heavy (non-hydrogen) atoms. The average Bonchev–Trinajstić information content (AvgIpc) is 2.85. The topological polar surface area (TPSA) is 57.7 Å². The second-order valence-electron chi connectivity index (χ2n) is 8.57. The van der Waals surface area contributed by atoms with Gasteiger partial charge >= 0.3 is 0 Å². The quantitative estimate of drug-likeness (QED) is 0.496. The second kappa shape index (κ2) is 10.3. The lowest BCUT2D eigenvalue weighted by atomic mass is 10.1. The molecule has 0 N–H and O–H groups in total. The lowest BCUT2D eigenvalue weighted by molar-refractivity contribution is 0.0729. The van der Waals surface area contributed by atoms with E-state index in [0.29, 0.717) is 31.7 Å². The molecule has 6 heteroatoms. The van der Waals surface area contributed by atoms with Crippen molar-refractivity contribution >= 4 is 15.9 Å². The summed E-state index contributed by atoms with van der Waals surface area (Å²) < 4.78 is 28.0. The summed E-state index contributed by atoms with van der Waals surface area (Å²) in [7, 11) is -3.62. The fourth-order valence-corrected chi connectivity index (χ4v) is 5.77. The average molecular weight is 463 g/mol. The Hall–Kier alpha value is -2.96. The first-order valence-electron chi connectivity index (χ1n) is 11.4. The summed E-state index contributed by atoms with van der Waals surface area (Å²) in [4.78, 5) is 15.7. The number of hydrogen-bond donors (Lipinski definition) is 0. The minimum absolute atomic E-state index is 0.170. The minimum atomic E-state index is -3.62. The number of benzene rings is 3. The molecule has 1 aliphatic rings. The third-order valence-corrected chi connectivity index (χ3v) is 8.01. The van der Waals surface area contributed by atoms with Gasteiger partial charge in [-0.15, -0.1) is 0 Å². The van der Waals surface area contributed by atoms with Gasteiger partial charge in [-0.2, -0.15) is 4.31 Å².